The van der Waals surface area contributed by atoms with E-state index in [1.807, 2.05) is 5.32 Å². The van der Waals surface area contributed by atoms with Gasteiger partial charge in [-0.2, -0.15) is 0 Å². The molecule has 0 saturated carbocycles. The van der Waals surface area contributed by atoms with Crippen molar-refractivity contribution in [2.75, 3.05) is 17.2 Å². The summed E-state index contributed by atoms with van der Waals surface area (Å²) in [5.74, 6) is -5.70. The number of amides is 1. The van der Waals surface area contributed by atoms with E-state index in [0.29, 0.717) is 0 Å². The van der Waals surface area contributed by atoms with Crippen molar-refractivity contribution in [3.8, 4) is 0 Å². The van der Waals surface area contributed by atoms with E-state index in [0.717, 1.165) is 12.1 Å². The molecule has 1 heterocycles. The largest absolute Gasteiger partial charge is 0.525 e. The van der Waals surface area contributed by atoms with Crippen molar-refractivity contribution in [2.24, 2.45) is 0 Å². The summed E-state index contributed by atoms with van der Waals surface area (Å²) in [7, 11) is -15.7. The van der Waals surface area contributed by atoms with Crippen molar-refractivity contribution in [2.45, 2.75) is 30.6 Å². The maximum atomic E-state index is 12.1. The molecule has 0 spiro atoms. The second-order valence-corrected chi connectivity index (χ2v) is 12.6. The molecule has 39 heavy (non-hydrogen) atoms. The minimum Gasteiger partial charge on any atom is -0.505 e. The first-order valence-electron chi connectivity index (χ1n) is 10.3. The standard InChI is InChI=1S/C17H23N2O17P3/c20-7-10(14-13(23)15(16(24)35-14)36-39(31,32)33)34-12(22)6-5-11(21)18-8-1-3-9(4-2-8)19-17(37(25,26)27)38(28,29)30/h1-4,10,14,17,19-20,23H,5-7H2,(H,18,21)(H2,25,26,27)(H2,28,29,30)(H2,31,32,33). The van der Waals surface area contributed by atoms with Crippen molar-refractivity contribution < 1.29 is 81.6 Å². The number of hydrogen-bond donors (Lipinski definition) is 10. The van der Waals surface area contributed by atoms with Gasteiger partial charge in [0, 0.05) is 17.8 Å². The van der Waals surface area contributed by atoms with Crippen molar-refractivity contribution in [1.29, 1.82) is 0 Å². The number of nitrogens with one attached hydrogen (secondary N) is 2. The Morgan fingerprint density at radius 3 is 1.97 bits per heavy atom. The Bertz CT molecular complexity index is 1240. The number of rotatable bonds is 13. The van der Waals surface area contributed by atoms with E-state index < -0.39 is 89.6 Å². The lowest BCUT2D eigenvalue weighted by molar-refractivity contribution is -0.165. The molecule has 0 radical (unpaired) electrons. The summed E-state index contributed by atoms with van der Waals surface area (Å²) in [5, 5.41) is 23.8. The van der Waals surface area contributed by atoms with Gasteiger partial charge in [-0.15, -0.1) is 0 Å². The Balaban J connectivity index is 1.92. The minimum absolute atomic E-state index is 0.0949. The highest BCUT2D eigenvalue weighted by atomic mass is 31.2. The SMILES string of the molecule is O=C(CCC(=O)OC(CO)C1OC(=O)C(OP(=O)(O)O)=C1O)Nc1ccc(NC(P(=O)(O)O)P(=O)(O)O)cc1. The maximum absolute atomic E-state index is 12.1. The lowest BCUT2D eigenvalue weighted by atomic mass is 10.2. The zero-order valence-corrected chi connectivity index (χ0v) is 21.9. The second kappa shape index (κ2) is 12.6. The normalized spacial score (nSPS) is 17.0. The van der Waals surface area contributed by atoms with Gasteiger partial charge in [0.2, 0.25) is 17.5 Å². The van der Waals surface area contributed by atoms with Crippen molar-refractivity contribution >= 4 is 52.2 Å². The van der Waals surface area contributed by atoms with E-state index in [-0.39, 0.29) is 11.4 Å². The summed E-state index contributed by atoms with van der Waals surface area (Å²) >= 11 is 0. The monoisotopic (exact) mass is 620 g/mol. The van der Waals surface area contributed by atoms with Crippen molar-refractivity contribution in [1.82, 2.24) is 0 Å². The lowest BCUT2D eigenvalue weighted by Gasteiger charge is -2.21. The summed E-state index contributed by atoms with van der Waals surface area (Å²) in [6.45, 7) is -1.01. The third-order valence-corrected chi connectivity index (χ3v) is 8.35. The number of cyclic esters (lactones) is 1. The molecule has 218 valence electrons. The number of anilines is 2. The van der Waals surface area contributed by atoms with Crippen LogP contribution >= 0.6 is 23.0 Å². The fraction of sp³-hybridized carbons (Fsp3) is 0.353. The fourth-order valence-corrected chi connectivity index (χ4v) is 5.55. The molecule has 1 aromatic carbocycles. The predicted molar refractivity (Wildman–Crippen MR) is 125 cm³/mol. The molecule has 0 aliphatic carbocycles. The maximum Gasteiger partial charge on any atom is 0.525 e. The van der Waals surface area contributed by atoms with Gasteiger partial charge in [0.05, 0.1) is 13.0 Å². The van der Waals surface area contributed by atoms with Crippen LogP contribution in [-0.2, 0) is 42.1 Å². The molecule has 2 rings (SSSR count). The van der Waals surface area contributed by atoms with Crippen LogP contribution in [0.3, 0.4) is 0 Å². The van der Waals surface area contributed by atoms with Gasteiger partial charge >= 0.3 is 35.0 Å². The molecular formula is C17H23N2O17P3. The highest BCUT2D eigenvalue weighted by Crippen LogP contribution is 2.59. The van der Waals surface area contributed by atoms with Crippen molar-refractivity contribution in [3.05, 3.63) is 35.8 Å². The summed E-state index contributed by atoms with van der Waals surface area (Å²) in [6.07, 6.45) is -4.61. The van der Waals surface area contributed by atoms with Crippen LogP contribution in [0, 0.1) is 0 Å². The third kappa shape index (κ3) is 9.70. The topological polar surface area (TPSA) is 316 Å². The molecule has 0 aromatic heterocycles. The number of ether oxygens (including phenoxy) is 2. The van der Waals surface area contributed by atoms with E-state index >= 15 is 0 Å². The van der Waals surface area contributed by atoms with Gasteiger partial charge in [-0.05, 0) is 24.3 Å². The zero-order valence-electron chi connectivity index (χ0n) is 19.3. The number of aliphatic hydroxyl groups is 2. The molecule has 1 amide bonds. The summed E-state index contributed by atoms with van der Waals surface area (Å²) in [4.78, 5) is 90.0. The van der Waals surface area contributed by atoms with Crippen LogP contribution in [0.25, 0.3) is 0 Å². The molecule has 0 fully saturated rings. The van der Waals surface area contributed by atoms with E-state index in [1.54, 1.807) is 0 Å². The summed E-state index contributed by atoms with van der Waals surface area (Å²) in [6, 6.07) is 4.75. The quantitative estimate of drug-likeness (QED) is 0.0949. The van der Waals surface area contributed by atoms with E-state index in [1.165, 1.54) is 12.1 Å². The fourth-order valence-electron chi connectivity index (χ4n) is 2.94. The number of phosphoric acid groups is 1. The first kappa shape index (κ1) is 32.4. The number of esters is 2. The number of phosphoric ester groups is 1. The second-order valence-electron chi connectivity index (χ2n) is 7.65. The Hall–Kier alpha value is -2.82. The summed E-state index contributed by atoms with van der Waals surface area (Å²) < 4.78 is 47.1. The average Bonchev–Trinajstić information content (AvgIpc) is 3.06. The molecule has 1 aliphatic rings. The molecule has 10 N–H and O–H groups in total. The first-order valence-corrected chi connectivity index (χ1v) is 15.2. The molecule has 2 unspecified atom stereocenters. The number of benzene rings is 1. The minimum atomic E-state index is -5.26. The highest BCUT2D eigenvalue weighted by molar-refractivity contribution is 7.71. The molecule has 0 bridgehead atoms. The van der Waals surface area contributed by atoms with Gasteiger partial charge < -0.3 is 54.4 Å². The van der Waals surface area contributed by atoms with Gasteiger partial charge in [-0.25, -0.2) is 9.36 Å². The van der Waals surface area contributed by atoms with E-state index in [9.17, 15) is 38.3 Å². The molecule has 1 aromatic rings. The molecule has 0 saturated heterocycles. The van der Waals surface area contributed by atoms with Gasteiger partial charge in [0.25, 0.3) is 5.76 Å². The van der Waals surface area contributed by atoms with Crippen LogP contribution in [0.15, 0.2) is 35.8 Å². The van der Waals surface area contributed by atoms with Crippen LogP contribution < -0.4 is 10.6 Å². The van der Waals surface area contributed by atoms with Crippen LogP contribution in [-0.4, -0.2) is 81.8 Å². The average molecular weight is 620 g/mol. The Kier molecular flexibility index (Phi) is 10.4. The lowest BCUT2D eigenvalue weighted by Crippen LogP contribution is -2.36. The highest BCUT2D eigenvalue weighted by Gasteiger charge is 2.45. The molecule has 22 heteroatoms. The van der Waals surface area contributed by atoms with Gasteiger partial charge in [0.1, 0.15) is 0 Å². The van der Waals surface area contributed by atoms with Crippen molar-refractivity contribution in [3.63, 3.8) is 0 Å². The zero-order chi connectivity index (χ0) is 29.8. The van der Waals surface area contributed by atoms with Crippen LogP contribution in [0.2, 0.25) is 0 Å². The van der Waals surface area contributed by atoms with Gasteiger partial charge in [-0.1, -0.05) is 0 Å². The van der Waals surface area contributed by atoms with Gasteiger partial charge in [0.15, 0.2) is 11.9 Å². The molecule has 2 atom stereocenters. The smallest absolute Gasteiger partial charge is 0.505 e. The van der Waals surface area contributed by atoms with E-state index in [4.69, 9.17) is 34.1 Å². The predicted octanol–water partition coefficient (Wildman–Crippen LogP) is -0.835. The first-order chi connectivity index (χ1) is 17.8. The Labute approximate surface area is 218 Å². The number of carbonyl (C=O) groups is 3. The van der Waals surface area contributed by atoms with Gasteiger partial charge in [-0.3, -0.25) is 28.5 Å². The third-order valence-electron chi connectivity index (χ3n) is 4.59. The number of carbonyl (C=O) groups excluding carboxylic acids is 3. The molecular weight excluding hydrogens is 597 g/mol. The Morgan fingerprint density at radius 2 is 1.49 bits per heavy atom. The van der Waals surface area contributed by atoms with Crippen LogP contribution in [0.4, 0.5) is 11.4 Å². The van der Waals surface area contributed by atoms with E-state index in [2.05, 4.69) is 14.6 Å². The number of hydrogen-bond acceptors (Lipinski definition) is 12. The molecule has 1 aliphatic heterocycles. The van der Waals surface area contributed by atoms with Crippen LogP contribution in [0.1, 0.15) is 12.8 Å². The Morgan fingerprint density at radius 1 is 0.949 bits per heavy atom. The summed E-state index contributed by atoms with van der Waals surface area (Å²) in [5.41, 5.74) is -2.46. The van der Waals surface area contributed by atoms with Crippen LogP contribution in [0.5, 0.6) is 0 Å². The molecule has 19 nitrogen and oxygen atoms in total. The number of aliphatic hydroxyl groups excluding tert-OH is 2.